The summed E-state index contributed by atoms with van der Waals surface area (Å²) in [6, 6.07) is 4.00. The molecule has 0 fully saturated rings. The highest BCUT2D eigenvalue weighted by Crippen LogP contribution is 2.31. The molecule has 0 spiro atoms. The lowest BCUT2D eigenvalue weighted by molar-refractivity contribution is 0.0698. The van der Waals surface area contributed by atoms with Gasteiger partial charge in [-0.2, -0.15) is 0 Å². The average molecular weight is 331 g/mol. The van der Waals surface area contributed by atoms with Crippen molar-refractivity contribution in [1.82, 2.24) is 0 Å². The third-order valence-electron chi connectivity index (χ3n) is 2.52. The summed E-state index contributed by atoms with van der Waals surface area (Å²) < 4.78 is 23.9. The van der Waals surface area contributed by atoms with Crippen molar-refractivity contribution in [2.45, 2.75) is 0 Å². The Morgan fingerprint density at radius 3 is 2.80 bits per heavy atom. The van der Waals surface area contributed by atoms with Crippen LogP contribution >= 0.6 is 23.4 Å². The third-order valence-corrected chi connectivity index (χ3v) is 4.14. The van der Waals surface area contributed by atoms with E-state index in [9.17, 15) is 18.7 Å². The second-order valence-electron chi connectivity index (χ2n) is 3.74. The van der Waals surface area contributed by atoms with Crippen LogP contribution < -0.4 is 4.31 Å². The molecule has 0 aliphatic carbocycles. The largest absolute Gasteiger partial charge is 0.755 e. The van der Waals surface area contributed by atoms with Crippen LogP contribution in [0.25, 0.3) is 0 Å². The van der Waals surface area contributed by atoms with Crippen LogP contribution in [0.15, 0.2) is 41.5 Å². The van der Waals surface area contributed by atoms with Gasteiger partial charge in [0.15, 0.2) is 0 Å². The molecule has 1 heterocycles. The molecular formula is C12H9ClNO4S2-. The van der Waals surface area contributed by atoms with Gasteiger partial charge in [-0.15, -0.1) is 11.8 Å². The molecule has 0 radical (unpaired) electrons. The normalized spacial score (nSPS) is 15.6. The second-order valence-corrected chi connectivity index (χ2v) is 5.92. The standard InChI is InChI=1S/C12H10ClNO4S2/c13-8-1-2-10(12(15)16)11(7-8)14(20(17)18)9-3-5-19-6-4-9/h1-5,7H,6H2,(H,15,16)(H,17,18)/p-1. The van der Waals surface area contributed by atoms with Crippen molar-refractivity contribution < 1.29 is 18.7 Å². The van der Waals surface area contributed by atoms with E-state index in [2.05, 4.69) is 0 Å². The number of anilines is 1. The van der Waals surface area contributed by atoms with Gasteiger partial charge >= 0.3 is 5.97 Å². The molecule has 0 saturated heterocycles. The van der Waals surface area contributed by atoms with Crippen LogP contribution in [-0.4, -0.2) is 25.6 Å². The zero-order valence-corrected chi connectivity index (χ0v) is 12.4. The average Bonchev–Trinajstić information content (AvgIpc) is 2.39. The van der Waals surface area contributed by atoms with Crippen LogP contribution in [-0.2, 0) is 11.3 Å². The van der Waals surface area contributed by atoms with E-state index in [1.165, 1.54) is 30.0 Å². The van der Waals surface area contributed by atoms with Crippen LogP contribution in [0.4, 0.5) is 5.69 Å². The summed E-state index contributed by atoms with van der Waals surface area (Å²) in [7, 11) is 0. The molecule has 1 unspecified atom stereocenters. The summed E-state index contributed by atoms with van der Waals surface area (Å²) in [5.74, 6) is -0.607. The van der Waals surface area contributed by atoms with E-state index in [4.69, 9.17) is 11.6 Å². The van der Waals surface area contributed by atoms with E-state index in [1.807, 2.05) is 0 Å². The first-order chi connectivity index (χ1) is 9.50. The Morgan fingerprint density at radius 2 is 2.25 bits per heavy atom. The fraction of sp³-hybridized carbons (Fsp3) is 0.0833. The summed E-state index contributed by atoms with van der Waals surface area (Å²) in [6.45, 7) is 0. The number of halogens is 1. The van der Waals surface area contributed by atoms with Crippen molar-refractivity contribution in [2.24, 2.45) is 0 Å². The quantitative estimate of drug-likeness (QED) is 0.858. The Hall–Kier alpha value is -1.28. The van der Waals surface area contributed by atoms with E-state index >= 15 is 0 Å². The van der Waals surface area contributed by atoms with Gasteiger partial charge < -0.3 is 9.66 Å². The van der Waals surface area contributed by atoms with Crippen molar-refractivity contribution in [3.63, 3.8) is 0 Å². The molecule has 1 aromatic rings. The van der Waals surface area contributed by atoms with Crippen molar-refractivity contribution >= 4 is 46.3 Å². The molecular weight excluding hydrogens is 322 g/mol. The van der Waals surface area contributed by atoms with Crippen molar-refractivity contribution in [1.29, 1.82) is 0 Å². The Balaban J connectivity index is 2.57. The summed E-state index contributed by atoms with van der Waals surface area (Å²) >= 11 is 4.70. The van der Waals surface area contributed by atoms with Crippen LogP contribution in [0.3, 0.4) is 0 Å². The number of thioether (sulfide) groups is 1. The number of hydrogen-bond acceptors (Lipinski definition) is 4. The third kappa shape index (κ3) is 3.24. The minimum atomic E-state index is -2.65. The number of aromatic carboxylic acids is 1. The van der Waals surface area contributed by atoms with Gasteiger partial charge in [-0.1, -0.05) is 11.6 Å². The Bertz CT molecular complexity index is 630. The number of hydrogen-bond donors (Lipinski definition) is 1. The number of rotatable bonds is 4. The lowest BCUT2D eigenvalue weighted by atomic mass is 10.1. The van der Waals surface area contributed by atoms with Crippen molar-refractivity contribution in [3.05, 3.63) is 52.0 Å². The molecule has 1 atom stereocenters. The Morgan fingerprint density at radius 1 is 1.50 bits per heavy atom. The van der Waals surface area contributed by atoms with Gasteiger partial charge in [-0.05, 0) is 35.8 Å². The van der Waals surface area contributed by atoms with Gasteiger partial charge in [0.1, 0.15) is 0 Å². The Labute approximate surface area is 127 Å². The highest BCUT2D eigenvalue weighted by atomic mass is 35.5. The second kappa shape index (κ2) is 6.45. The fourth-order valence-electron chi connectivity index (χ4n) is 1.68. The maximum Gasteiger partial charge on any atom is 0.337 e. The zero-order valence-electron chi connectivity index (χ0n) is 9.98. The lowest BCUT2D eigenvalue weighted by Gasteiger charge is -2.29. The Kier molecular flexibility index (Phi) is 4.87. The molecule has 1 aliphatic heterocycles. The van der Waals surface area contributed by atoms with Crippen molar-refractivity contribution in [3.8, 4) is 0 Å². The monoisotopic (exact) mass is 330 g/mol. The molecule has 5 nitrogen and oxygen atoms in total. The van der Waals surface area contributed by atoms with E-state index in [-0.39, 0.29) is 16.3 Å². The molecule has 1 N–H and O–H groups in total. The number of benzene rings is 1. The lowest BCUT2D eigenvalue weighted by Crippen LogP contribution is -2.26. The number of nitrogens with zero attached hydrogens (tertiary/aromatic N) is 1. The summed E-state index contributed by atoms with van der Waals surface area (Å²) in [4.78, 5) is 11.2. The summed E-state index contributed by atoms with van der Waals surface area (Å²) in [6.07, 6.45) is 3.31. The molecule has 106 valence electrons. The summed E-state index contributed by atoms with van der Waals surface area (Å²) in [5.41, 5.74) is 0.272. The minimum absolute atomic E-state index is 0.0149. The van der Waals surface area contributed by atoms with Gasteiger partial charge in [0.25, 0.3) is 0 Å². The predicted molar refractivity (Wildman–Crippen MR) is 79.5 cm³/mol. The SMILES string of the molecule is O=C(O)c1ccc(Cl)cc1N(C1=CCSC=C1)S(=O)[O-]. The highest BCUT2D eigenvalue weighted by Gasteiger charge is 2.20. The van der Waals surface area contributed by atoms with Gasteiger partial charge in [-0.3, -0.25) is 8.51 Å². The van der Waals surface area contributed by atoms with Crippen LogP contribution in [0.1, 0.15) is 10.4 Å². The number of allylic oxidation sites excluding steroid dienone is 1. The summed E-state index contributed by atoms with van der Waals surface area (Å²) in [5, 5.41) is 11.2. The van der Waals surface area contributed by atoms with Crippen LogP contribution in [0, 0.1) is 0 Å². The van der Waals surface area contributed by atoms with Crippen LogP contribution in [0.5, 0.6) is 0 Å². The molecule has 1 aromatic carbocycles. The fourth-order valence-corrected chi connectivity index (χ4v) is 3.08. The number of carboxylic acids is 1. The molecule has 1 aliphatic rings. The highest BCUT2D eigenvalue weighted by molar-refractivity contribution is 8.02. The van der Waals surface area contributed by atoms with Gasteiger partial charge in [0, 0.05) is 10.8 Å². The van der Waals surface area contributed by atoms with Crippen LogP contribution in [0.2, 0.25) is 5.02 Å². The minimum Gasteiger partial charge on any atom is -0.755 e. The molecule has 8 heteroatoms. The first-order valence-corrected chi connectivity index (χ1v) is 7.87. The first kappa shape index (κ1) is 15.1. The molecule has 0 amide bonds. The molecule has 0 bridgehead atoms. The molecule has 0 saturated carbocycles. The van der Waals surface area contributed by atoms with Gasteiger partial charge in [0.05, 0.1) is 28.2 Å². The molecule has 2 rings (SSSR count). The maximum absolute atomic E-state index is 11.5. The van der Waals surface area contributed by atoms with Crippen molar-refractivity contribution in [2.75, 3.05) is 10.1 Å². The van der Waals surface area contributed by atoms with Gasteiger partial charge in [-0.25, -0.2) is 4.79 Å². The predicted octanol–water partition coefficient (Wildman–Crippen LogP) is 2.78. The van der Waals surface area contributed by atoms with E-state index < -0.39 is 17.2 Å². The van der Waals surface area contributed by atoms with E-state index in [0.29, 0.717) is 11.4 Å². The smallest absolute Gasteiger partial charge is 0.337 e. The number of carbonyl (C=O) groups is 1. The number of carboxylic acid groups (broad SMARTS) is 1. The molecule has 0 aromatic heterocycles. The van der Waals surface area contributed by atoms with E-state index in [0.717, 1.165) is 4.31 Å². The zero-order chi connectivity index (χ0) is 14.7. The van der Waals surface area contributed by atoms with E-state index in [1.54, 1.807) is 17.6 Å². The van der Waals surface area contributed by atoms with Gasteiger partial charge in [0.2, 0.25) is 0 Å². The first-order valence-electron chi connectivity index (χ1n) is 5.41. The maximum atomic E-state index is 11.5. The molecule has 20 heavy (non-hydrogen) atoms. The topological polar surface area (TPSA) is 80.7 Å².